The van der Waals surface area contributed by atoms with Crippen molar-refractivity contribution in [1.29, 1.82) is 0 Å². The molecule has 0 saturated carbocycles. The first-order valence-corrected chi connectivity index (χ1v) is 8.98. The normalized spacial score (nSPS) is 17.7. The van der Waals surface area contributed by atoms with E-state index in [9.17, 15) is 4.79 Å². The van der Waals surface area contributed by atoms with Gasteiger partial charge < -0.3 is 14.2 Å². The number of aromatic nitrogens is 2. The number of nitrogens with zero attached hydrogens (tertiary/aromatic N) is 4. The Bertz CT molecular complexity index is 681. The Balaban J connectivity index is 1.73. The number of hydrogen-bond acceptors (Lipinski definition) is 5. The van der Waals surface area contributed by atoms with Gasteiger partial charge in [-0.05, 0) is 11.4 Å². The van der Waals surface area contributed by atoms with E-state index in [1.807, 2.05) is 13.4 Å². The van der Waals surface area contributed by atoms with Gasteiger partial charge in [0.15, 0.2) is 0 Å². The molecule has 24 heavy (non-hydrogen) atoms. The van der Waals surface area contributed by atoms with Gasteiger partial charge in [0, 0.05) is 45.5 Å². The summed E-state index contributed by atoms with van der Waals surface area (Å²) in [5, 5.41) is 2.11. The zero-order valence-electron chi connectivity index (χ0n) is 14.4. The van der Waals surface area contributed by atoms with Crippen molar-refractivity contribution < 1.29 is 9.53 Å². The molecule has 1 atom stereocenters. The fourth-order valence-electron chi connectivity index (χ4n) is 3.05. The zero-order valence-corrected chi connectivity index (χ0v) is 15.3. The highest BCUT2D eigenvalue weighted by atomic mass is 32.1. The second kappa shape index (κ2) is 7.46. The van der Waals surface area contributed by atoms with E-state index < -0.39 is 0 Å². The van der Waals surface area contributed by atoms with E-state index >= 15 is 0 Å². The number of likely N-dealkylation sites (N-methyl/N-ethyl adjacent to an activating group) is 1. The minimum atomic E-state index is -0.0131. The molecule has 3 rings (SSSR count). The Hall–Kier alpha value is -1.70. The van der Waals surface area contributed by atoms with Crippen LogP contribution in [0.3, 0.4) is 0 Å². The molecule has 130 valence electrons. The van der Waals surface area contributed by atoms with Crippen LogP contribution >= 0.6 is 11.3 Å². The Kier molecular flexibility index (Phi) is 5.33. The van der Waals surface area contributed by atoms with Crippen LogP contribution in [0, 0.1) is 0 Å². The largest absolute Gasteiger partial charge is 0.370 e. The van der Waals surface area contributed by atoms with Crippen molar-refractivity contribution >= 4 is 17.2 Å². The number of fused-ring (bicyclic) bond motifs is 1. The summed E-state index contributed by atoms with van der Waals surface area (Å²) in [6.45, 7) is 2.47. The molecule has 0 spiro atoms. The molecule has 1 amide bonds. The van der Waals surface area contributed by atoms with Crippen LogP contribution < -0.4 is 0 Å². The molecule has 0 radical (unpaired) electrons. The predicted octanol–water partition coefficient (Wildman–Crippen LogP) is 1.69. The van der Waals surface area contributed by atoms with Gasteiger partial charge in [-0.3, -0.25) is 9.69 Å². The van der Waals surface area contributed by atoms with E-state index in [1.165, 1.54) is 10.6 Å². The van der Waals surface area contributed by atoms with Crippen LogP contribution in [-0.2, 0) is 29.5 Å². The monoisotopic (exact) mass is 348 g/mol. The number of carbonyl (C=O) groups is 1. The lowest BCUT2D eigenvalue weighted by atomic mass is 10.0. The molecule has 2 aromatic rings. The lowest BCUT2D eigenvalue weighted by Crippen LogP contribution is -2.39. The van der Waals surface area contributed by atoms with Gasteiger partial charge in [-0.25, -0.2) is 4.98 Å². The second-order valence-corrected chi connectivity index (χ2v) is 7.34. The Morgan fingerprint density at radius 1 is 1.50 bits per heavy atom. The van der Waals surface area contributed by atoms with Crippen molar-refractivity contribution in [2.45, 2.75) is 19.0 Å². The summed E-state index contributed by atoms with van der Waals surface area (Å²) >= 11 is 1.77. The molecule has 0 fully saturated rings. The maximum Gasteiger partial charge on any atom is 0.248 e. The highest BCUT2D eigenvalue weighted by molar-refractivity contribution is 7.09. The number of thiophene rings is 1. The lowest BCUT2D eigenvalue weighted by Gasteiger charge is -2.35. The molecule has 0 saturated heterocycles. The third-order valence-corrected chi connectivity index (χ3v) is 5.25. The molecule has 0 aliphatic carbocycles. The third kappa shape index (κ3) is 3.68. The van der Waals surface area contributed by atoms with E-state index in [-0.39, 0.29) is 18.6 Å². The number of imidazole rings is 1. The maximum absolute atomic E-state index is 11.8. The fraction of sp³-hybridized carbons (Fsp3) is 0.529. The van der Waals surface area contributed by atoms with Crippen LogP contribution in [0.2, 0.25) is 0 Å². The summed E-state index contributed by atoms with van der Waals surface area (Å²) in [4.78, 5) is 21.6. The van der Waals surface area contributed by atoms with Crippen LogP contribution in [0.15, 0.2) is 23.8 Å². The molecule has 1 aliphatic heterocycles. The molecule has 0 N–H and O–H groups in total. The van der Waals surface area contributed by atoms with Crippen LogP contribution in [0.5, 0.6) is 0 Å². The quantitative estimate of drug-likeness (QED) is 0.797. The first-order chi connectivity index (χ1) is 11.6. The molecule has 0 bridgehead atoms. The van der Waals surface area contributed by atoms with E-state index in [0.717, 1.165) is 25.2 Å². The second-order valence-electron chi connectivity index (χ2n) is 6.31. The van der Waals surface area contributed by atoms with Crippen LogP contribution in [0.25, 0.3) is 0 Å². The molecule has 7 heteroatoms. The summed E-state index contributed by atoms with van der Waals surface area (Å²) in [5.41, 5.74) is 2.35. The molecule has 1 aliphatic rings. The van der Waals surface area contributed by atoms with Gasteiger partial charge in [0.05, 0.1) is 30.4 Å². The molecule has 6 nitrogen and oxygen atoms in total. The van der Waals surface area contributed by atoms with Crippen molar-refractivity contribution in [3.63, 3.8) is 0 Å². The van der Waals surface area contributed by atoms with E-state index in [0.29, 0.717) is 6.61 Å². The number of amides is 1. The summed E-state index contributed by atoms with van der Waals surface area (Å²) < 4.78 is 7.84. The molecular weight excluding hydrogens is 324 g/mol. The SMILES string of the molecule is CN(C)C(=O)COCC1c2c(ncn2C)CCN1Cc1cccs1. The lowest BCUT2D eigenvalue weighted by molar-refractivity contribution is -0.134. The Morgan fingerprint density at radius 2 is 2.33 bits per heavy atom. The van der Waals surface area contributed by atoms with Gasteiger partial charge in [0.25, 0.3) is 0 Å². The molecule has 3 heterocycles. The number of aryl methyl sites for hydroxylation is 1. The average Bonchev–Trinajstić information content (AvgIpc) is 3.19. The van der Waals surface area contributed by atoms with Crippen molar-refractivity contribution in [2.75, 3.05) is 33.9 Å². The van der Waals surface area contributed by atoms with E-state index in [4.69, 9.17) is 4.74 Å². The number of ether oxygens (including phenoxy) is 1. The highest BCUT2D eigenvalue weighted by Crippen LogP contribution is 2.31. The zero-order chi connectivity index (χ0) is 17.1. The topological polar surface area (TPSA) is 50.6 Å². The van der Waals surface area contributed by atoms with E-state index in [1.54, 1.807) is 30.3 Å². The van der Waals surface area contributed by atoms with Gasteiger partial charge in [-0.15, -0.1) is 11.3 Å². The molecule has 0 aromatic carbocycles. The Labute approximate surface area is 146 Å². The molecule has 1 unspecified atom stereocenters. The molecular formula is C17H24N4O2S. The van der Waals surface area contributed by atoms with Gasteiger partial charge in [0.2, 0.25) is 5.91 Å². The van der Waals surface area contributed by atoms with Crippen molar-refractivity contribution in [2.24, 2.45) is 7.05 Å². The minimum Gasteiger partial charge on any atom is -0.370 e. The van der Waals surface area contributed by atoms with E-state index in [2.05, 4.69) is 32.0 Å². The van der Waals surface area contributed by atoms with Crippen LogP contribution in [0.4, 0.5) is 0 Å². The van der Waals surface area contributed by atoms with Crippen molar-refractivity contribution in [3.05, 3.63) is 40.1 Å². The van der Waals surface area contributed by atoms with Crippen molar-refractivity contribution in [3.8, 4) is 0 Å². The van der Waals surface area contributed by atoms with Crippen LogP contribution in [-0.4, -0.2) is 59.1 Å². The molecule has 2 aromatic heterocycles. The first-order valence-electron chi connectivity index (χ1n) is 8.10. The number of carbonyl (C=O) groups excluding carboxylic acids is 1. The standard InChI is InChI=1S/C17H24N4O2S/c1-19(2)16(22)11-23-10-15-17-14(18-12-20(17)3)6-7-21(15)9-13-5-4-8-24-13/h4-5,8,12,15H,6-7,9-11H2,1-3H3. The summed E-state index contributed by atoms with van der Waals surface area (Å²) in [7, 11) is 5.52. The van der Waals surface area contributed by atoms with Gasteiger partial charge in [0.1, 0.15) is 6.61 Å². The smallest absolute Gasteiger partial charge is 0.248 e. The Morgan fingerprint density at radius 3 is 3.04 bits per heavy atom. The third-order valence-electron chi connectivity index (χ3n) is 4.39. The van der Waals surface area contributed by atoms with Gasteiger partial charge >= 0.3 is 0 Å². The fourth-order valence-corrected chi connectivity index (χ4v) is 3.78. The van der Waals surface area contributed by atoms with Crippen molar-refractivity contribution in [1.82, 2.24) is 19.4 Å². The number of hydrogen-bond donors (Lipinski definition) is 0. The van der Waals surface area contributed by atoms with Crippen LogP contribution in [0.1, 0.15) is 22.3 Å². The number of rotatable bonds is 6. The highest BCUT2D eigenvalue weighted by Gasteiger charge is 2.31. The summed E-state index contributed by atoms with van der Waals surface area (Å²) in [6.07, 6.45) is 2.83. The average molecular weight is 348 g/mol. The summed E-state index contributed by atoms with van der Waals surface area (Å²) in [5.74, 6) is -0.0131. The first kappa shape index (κ1) is 17.1. The minimum absolute atomic E-state index is 0.0131. The summed E-state index contributed by atoms with van der Waals surface area (Å²) in [6, 6.07) is 4.37. The van der Waals surface area contributed by atoms with Gasteiger partial charge in [-0.1, -0.05) is 6.07 Å². The predicted molar refractivity (Wildman–Crippen MR) is 93.9 cm³/mol. The van der Waals surface area contributed by atoms with Gasteiger partial charge in [-0.2, -0.15) is 0 Å². The maximum atomic E-state index is 11.8.